The molecule has 1 aromatic rings. The first-order valence-electron chi connectivity index (χ1n) is 5.52. The molecule has 1 rings (SSSR count). The Morgan fingerprint density at radius 1 is 1.33 bits per heavy atom. The Hall–Kier alpha value is -1.53. The number of aliphatic hydroxyl groups is 1. The summed E-state index contributed by atoms with van der Waals surface area (Å²) in [5.41, 5.74) is 1.39. The highest BCUT2D eigenvalue weighted by Gasteiger charge is 2.15. The summed E-state index contributed by atoms with van der Waals surface area (Å²) < 4.78 is 24.0. The van der Waals surface area contributed by atoms with E-state index in [1.54, 1.807) is 31.3 Å². The topological polar surface area (TPSA) is 61.4 Å². The molecule has 0 aromatic heterocycles. The van der Waals surface area contributed by atoms with Crippen molar-refractivity contribution in [2.24, 2.45) is 0 Å². The van der Waals surface area contributed by atoms with Crippen molar-refractivity contribution < 1.29 is 18.7 Å². The van der Waals surface area contributed by atoms with Crippen LogP contribution in [0.5, 0.6) is 0 Å². The lowest BCUT2D eigenvalue weighted by molar-refractivity contribution is -0.00340. The van der Waals surface area contributed by atoms with Crippen LogP contribution in [0, 0.1) is 0 Å². The number of alkyl halides is 2. The molecule has 0 aliphatic rings. The number of rotatable bonds is 6. The van der Waals surface area contributed by atoms with Crippen molar-refractivity contribution in [1.82, 2.24) is 10.6 Å². The van der Waals surface area contributed by atoms with Gasteiger partial charge in [0.05, 0.1) is 0 Å². The summed E-state index contributed by atoms with van der Waals surface area (Å²) in [5.74, 6) is -0.178. The van der Waals surface area contributed by atoms with Crippen LogP contribution in [0.2, 0.25) is 0 Å². The average Bonchev–Trinajstić information content (AvgIpc) is 2.38. The maximum Gasteiger partial charge on any atom is 0.265 e. The first kappa shape index (κ1) is 14.5. The highest BCUT2D eigenvalue weighted by atomic mass is 19.3. The molecule has 0 saturated carbocycles. The Morgan fingerprint density at radius 3 is 2.44 bits per heavy atom. The molecule has 6 heteroatoms. The Kier molecular flexibility index (Phi) is 5.67. The van der Waals surface area contributed by atoms with Crippen LogP contribution in [0.3, 0.4) is 0 Å². The van der Waals surface area contributed by atoms with Crippen molar-refractivity contribution in [2.75, 3.05) is 13.6 Å². The highest BCUT2D eigenvalue weighted by molar-refractivity contribution is 5.93. The van der Waals surface area contributed by atoms with E-state index >= 15 is 0 Å². The molecular formula is C12H16F2N2O2. The first-order valence-corrected chi connectivity index (χ1v) is 5.52. The summed E-state index contributed by atoms with van der Waals surface area (Å²) in [7, 11) is 1.55. The van der Waals surface area contributed by atoms with Gasteiger partial charge in [0.2, 0.25) is 0 Å². The lowest BCUT2D eigenvalue weighted by atomic mass is 10.1. The largest absolute Gasteiger partial charge is 0.386 e. The summed E-state index contributed by atoms with van der Waals surface area (Å²) in [5, 5.41) is 14.1. The Bertz CT molecular complexity index is 382. The molecule has 3 N–H and O–H groups in total. The molecule has 0 fully saturated rings. The van der Waals surface area contributed by atoms with Gasteiger partial charge in [0.25, 0.3) is 12.3 Å². The van der Waals surface area contributed by atoms with Gasteiger partial charge in [0.1, 0.15) is 6.10 Å². The molecule has 1 atom stereocenters. The summed E-state index contributed by atoms with van der Waals surface area (Å²) in [6, 6.07) is 6.76. The molecule has 1 amide bonds. The number of benzene rings is 1. The molecule has 4 nitrogen and oxygen atoms in total. The number of hydrogen-bond acceptors (Lipinski definition) is 3. The van der Waals surface area contributed by atoms with Gasteiger partial charge in [-0.15, -0.1) is 0 Å². The zero-order chi connectivity index (χ0) is 13.5. The molecule has 0 radical (unpaired) electrons. The van der Waals surface area contributed by atoms with E-state index in [0.717, 1.165) is 5.56 Å². The standard InChI is InChI=1S/C12H16F2N2O2/c1-15-12(18)9-4-2-8(3-5-9)6-16-7-10(17)11(13)14/h2-5,10-11,16-17H,6-7H2,1H3,(H,15,18). The number of amides is 1. The SMILES string of the molecule is CNC(=O)c1ccc(CNCC(O)C(F)F)cc1. The second-order valence-electron chi connectivity index (χ2n) is 3.81. The zero-order valence-electron chi connectivity index (χ0n) is 9.99. The molecule has 0 bridgehead atoms. The Morgan fingerprint density at radius 2 is 1.94 bits per heavy atom. The smallest absolute Gasteiger partial charge is 0.265 e. The minimum atomic E-state index is -2.74. The highest BCUT2D eigenvalue weighted by Crippen LogP contribution is 2.05. The van der Waals surface area contributed by atoms with Crippen molar-refractivity contribution in [3.05, 3.63) is 35.4 Å². The van der Waals surface area contributed by atoms with E-state index in [4.69, 9.17) is 5.11 Å². The number of halogens is 2. The van der Waals surface area contributed by atoms with Gasteiger partial charge < -0.3 is 15.7 Å². The molecular weight excluding hydrogens is 242 g/mol. The van der Waals surface area contributed by atoms with Gasteiger partial charge in [-0.3, -0.25) is 4.79 Å². The number of carbonyl (C=O) groups is 1. The summed E-state index contributed by atoms with van der Waals surface area (Å²) in [6.07, 6.45) is -4.40. The molecule has 0 aliphatic heterocycles. The minimum absolute atomic E-state index is 0.172. The fourth-order valence-electron chi connectivity index (χ4n) is 1.37. The van der Waals surface area contributed by atoms with Crippen LogP contribution < -0.4 is 10.6 Å². The quantitative estimate of drug-likeness (QED) is 0.706. The molecule has 0 aliphatic carbocycles. The predicted molar refractivity (Wildman–Crippen MR) is 63.5 cm³/mol. The molecule has 1 unspecified atom stereocenters. The van der Waals surface area contributed by atoms with Gasteiger partial charge in [-0.2, -0.15) is 0 Å². The molecule has 1 aromatic carbocycles. The van der Waals surface area contributed by atoms with E-state index in [2.05, 4.69) is 10.6 Å². The normalized spacial score (nSPS) is 12.5. The van der Waals surface area contributed by atoms with E-state index in [0.29, 0.717) is 12.1 Å². The van der Waals surface area contributed by atoms with Gasteiger partial charge in [0.15, 0.2) is 0 Å². The molecule has 0 heterocycles. The third kappa shape index (κ3) is 4.38. The van der Waals surface area contributed by atoms with Crippen molar-refractivity contribution >= 4 is 5.91 Å². The van der Waals surface area contributed by atoms with Crippen LogP contribution in [0.25, 0.3) is 0 Å². The van der Waals surface area contributed by atoms with E-state index in [-0.39, 0.29) is 12.5 Å². The van der Waals surface area contributed by atoms with Crippen LogP contribution in [-0.4, -0.2) is 37.1 Å². The number of hydrogen-bond donors (Lipinski definition) is 3. The predicted octanol–water partition coefficient (Wildman–Crippen LogP) is 0.762. The van der Waals surface area contributed by atoms with Crippen molar-refractivity contribution in [3.63, 3.8) is 0 Å². The van der Waals surface area contributed by atoms with Gasteiger partial charge in [-0.25, -0.2) is 8.78 Å². The van der Waals surface area contributed by atoms with Crippen molar-refractivity contribution in [3.8, 4) is 0 Å². The molecule has 0 spiro atoms. The van der Waals surface area contributed by atoms with E-state index in [1.807, 2.05) is 0 Å². The van der Waals surface area contributed by atoms with E-state index in [1.165, 1.54) is 0 Å². The molecule has 18 heavy (non-hydrogen) atoms. The van der Waals surface area contributed by atoms with Crippen molar-refractivity contribution in [1.29, 1.82) is 0 Å². The van der Waals surface area contributed by atoms with Crippen LogP contribution in [0.15, 0.2) is 24.3 Å². The zero-order valence-corrected chi connectivity index (χ0v) is 9.99. The first-order chi connectivity index (χ1) is 8.54. The maximum atomic E-state index is 12.0. The summed E-state index contributed by atoms with van der Waals surface area (Å²) >= 11 is 0. The van der Waals surface area contributed by atoms with Gasteiger partial charge >= 0.3 is 0 Å². The Labute approximate surface area is 104 Å². The number of nitrogens with one attached hydrogen (secondary N) is 2. The lowest BCUT2D eigenvalue weighted by Gasteiger charge is -2.10. The summed E-state index contributed by atoms with van der Waals surface area (Å²) in [6.45, 7) is 0.187. The molecule has 100 valence electrons. The maximum absolute atomic E-state index is 12.0. The lowest BCUT2D eigenvalue weighted by Crippen LogP contribution is -2.31. The van der Waals surface area contributed by atoms with Gasteiger partial charge in [-0.05, 0) is 17.7 Å². The van der Waals surface area contributed by atoms with Crippen LogP contribution in [0.1, 0.15) is 15.9 Å². The van der Waals surface area contributed by atoms with Crippen LogP contribution in [0.4, 0.5) is 8.78 Å². The van der Waals surface area contributed by atoms with E-state index < -0.39 is 12.5 Å². The molecule has 0 saturated heterocycles. The van der Waals surface area contributed by atoms with Crippen molar-refractivity contribution in [2.45, 2.75) is 19.1 Å². The Balaban J connectivity index is 2.42. The fraction of sp³-hybridized carbons (Fsp3) is 0.417. The summed E-state index contributed by atoms with van der Waals surface area (Å²) in [4.78, 5) is 11.3. The third-order valence-corrected chi connectivity index (χ3v) is 2.42. The second kappa shape index (κ2) is 7.03. The number of carbonyl (C=O) groups excluding carboxylic acids is 1. The fourth-order valence-corrected chi connectivity index (χ4v) is 1.37. The second-order valence-corrected chi connectivity index (χ2v) is 3.81. The van der Waals surface area contributed by atoms with E-state index in [9.17, 15) is 13.6 Å². The van der Waals surface area contributed by atoms with Crippen LogP contribution >= 0.6 is 0 Å². The van der Waals surface area contributed by atoms with Gasteiger partial charge in [-0.1, -0.05) is 12.1 Å². The monoisotopic (exact) mass is 258 g/mol. The van der Waals surface area contributed by atoms with Gasteiger partial charge in [0, 0.05) is 25.7 Å². The third-order valence-electron chi connectivity index (χ3n) is 2.42. The average molecular weight is 258 g/mol. The van der Waals surface area contributed by atoms with Crippen LogP contribution in [-0.2, 0) is 6.54 Å². The number of aliphatic hydroxyl groups excluding tert-OH is 1. The minimum Gasteiger partial charge on any atom is -0.386 e.